The molecule has 0 spiro atoms. The van der Waals surface area contributed by atoms with Gasteiger partial charge in [-0.1, -0.05) is 0 Å². The molecule has 1 saturated heterocycles. The summed E-state index contributed by atoms with van der Waals surface area (Å²) in [6, 6.07) is 5.02. The third-order valence-electron chi connectivity index (χ3n) is 3.23. The van der Waals surface area contributed by atoms with E-state index >= 15 is 0 Å². The van der Waals surface area contributed by atoms with Crippen molar-refractivity contribution in [3.05, 3.63) is 18.2 Å². The predicted molar refractivity (Wildman–Crippen MR) is 79.8 cm³/mol. The number of nitrogens with one attached hydrogen (secondary N) is 1. The molecule has 0 atom stereocenters. The Labute approximate surface area is 128 Å². The molecule has 1 aromatic carbocycles. The second-order valence-corrected chi connectivity index (χ2v) is 4.86. The molecule has 7 heteroatoms. The molecule has 2 rings (SSSR count). The van der Waals surface area contributed by atoms with Crippen molar-refractivity contribution >= 4 is 29.2 Å². The van der Waals surface area contributed by atoms with Crippen LogP contribution in [0.1, 0.15) is 19.8 Å². The largest absolute Gasteiger partial charge is 0.495 e. The molecule has 0 radical (unpaired) electrons. The summed E-state index contributed by atoms with van der Waals surface area (Å²) in [4.78, 5) is 35.9. The number of benzene rings is 1. The quantitative estimate of drug-likeness (QED) is 0.829. The van der Waals surface area contributed by atoms with Gasteiger partial charge in [0.15, 0.2) is 6.61 Å². The fraction of sp³-hybridized carbons (Fsp3) is 0.400. The van der Waals surface area contributed by atoms with Gasteiger partial charge in [0.05, 0.1) is 12.8 Å². The minimum atomic E-state index is -0.520. The number of carbonyl (C=O) groups is 3. The van der Waals surface area contributed by atoms with Gasteiger partial charge in [0.1, 0.15) is 5.75 Å². The van der Waals surface area contributed by atoms with E-state index in [1.54, 1.807) is 23.1 Å². The maximum absolute atomic E-state index is 11.9. The lowest BCUT2D eigenvalue weighted by Crippen LogP contribution is -2.25. The zero-order valence-corrected chi connectivity index (χ0v) is 12.5. The number of nitrogens with zero attached hydrogens (tertiary/aromatic N) is 1. The highest BCUT2D eigenvalue weighted by molar-refractivity contribution is 5.98. The molecule has 1 aliphatic rings. The Morgan fingerprint density at radius 2 is 2.14 bits per heavy atom. The van der Waals surface area contributed by atoms with Crippen molar-refractivity contribution in [3.8, 4) is 5.75 Å². The number of rotatable bonds is 5. The van der Waals surface area contributed by atoms with E-state index in [1.165, 1.54) is 14.0 Å². The molecule has 0 saturated carbocycles. The Kier molecular flexibility index (Phi) is 4.98. The van der Waals surface area contributed by atoms with Crippen LogP contribution in [0.5, 0.6) is 5.75 Å². The van der Waals surface area contributed by atoms with Crippen LogP contribution in [0.15, 0.2) is 18.2 Å². The smallest absolute Gasteiger partial charge is 0.303 e. The van der Waals surface area contributed by atoms with Crippen LogP contribution in [0.4, 0.5) is 11.4 Å². The van der Waals surface area contributed by atoms with Gasteiger partial charge in [0.2, 0.25) is 5.91 Å². The van der Waals surface area contributed by atoms with Crippen LogP contribution in [0.3, 0.4) is 0 Å². The summed E-state index contributed by atoms with van der Waals surface area (Å²) >= 11 is 0. The molecular formula is C15H18N2O5. The van der Waals surface area contributed by atoms with E-state index < -0.39 is 11.9 Å². The van der Waals surface area contributed by atoms with E-state index in [-0.39, 0.29) is 12.5 Å². The number of esters is 1. The minimum Gasteiger partial charge on any atom is -0.495 e. The number of hydrogen-bond acceptors (Lipinski definition) is 5. The van der Waals surface area contributed by atoms with Crippen LogP contribution in [0, 0.1) is 0 Å². The van der Waals surface area contributed by atoms with Gasteiger partial charge in [-0.25, -0.2) is 0 Å². The summed E-state index contributed by atoms with van der Waals surface area (Å²) in [5, 5.41) is 2.62. The zero-order chi connectivity index (χ0) is 16.1. The fourth-order valence-electron chi connectivity index (χ4n) is 2.25. The van der Waals surface area contributed by atoms with E-state index in [1.807, 2.05) is 0 Å². The number of hydrogen-bond donors (Lipinski definition) is 1. The van der Waals surface area contributed by atoms with Crippen molar-refractivity contribution in [2.45, 2.75) is 19.8 Å². The van der Waals surface area contributed by atoms with Gasteiger partial charge in [-0.3, -0.25) is 14.4 Å². The first-order chi connectivity index (χ1) is 10.5. The second kappa shape index (κ2) is 6.93. The summed E-state index contributed by atoms with van der Waals surface area (Å²) in [7, 11) is 1.53. The lowest BCUT2D eigenvalue weighted by Gasteiger charge is -2.20. The number of amides is 2. The third-order valence-corrected chi connectivity index (χ3v) is 3.23. The molecule has 0 bridgehead atoms. The Hall–Kier alpha value is -2.57. The first-order valence-corrected chi connectivity index (χ1v) is 6.93. The fourth-order valence-corrected chi connectivity index (χ4v) is 2.25. The molecule has 2 amide bonds. The molecule has 0 aromatic heterocycles. The summed E-state index contributed by atoms with van der Waals surface area (Å²) in [6.45, 7) is 1.51. The van der Waals surface area contributed by atoms with Crippen molar-refractivity contribution in [1.29, 1.82) is 0 Å². The van der Waals surface area contributed by atoms with Gasteiger partial charge in [0.25, 0.3) is 5.91 Å². The van der Waals surface area contributed by atoms with E-state index in [2.05, 4.69) is 10.1 Å². The molecule has 1 N–H and O–H groups in total. The van der Waals surface area contributed by atoms with Crippen molar-refractivity contribution in [1.82, 2.24) is 0 Å². The lowest BCUT2D eigenvalue weighted by atomic mass is 10.2. The molecule has 1 aliphatic heterocycles. The Bertz CT molecular complexity index is 600. The Morgan fingerprint density at radius 3 is 2.73 bits per heavy atom. The van der Waals surface area contributed by atoms with Gasteiger partial charge < -0.3 is 19.7 Å². The first-order valence-electron chi connectivity index (χ1n) is 6.93. The van der Waals surface area contributed by atoms with Crippen molar-refractivity contribution in [3.63, 3.8) is 0 Å². The first kappa shape index (κ1) is 15.8. The highest BCUT2D eigenvalue weighted by Gasteiger charge is 2.24. The Balaban J connectivity index is 2.14. The van der Waals surface area contributed by atoms with Crippen LogP contribution in [0.2, 0.25) is 0 Å². The molecular weight excluding hydrogens is 288 g/mol. The molecule has 118 valence electrons. The Morgan fingerprint density at radius 1 is 1.36 bits per heavy atom. The summed E-state index contributed by atoms with van der Waals surface area (Å²) in [5.41, 5.74) is 1.13. The van der Waals surface area contributed by atoms with E-state index in [0.29, 0.717) is 30.1 Å². The average Bonchev–Trinajstić information content (AvgIpc) is 2.91. The lowest BCUT2D eigenvalue weighted by molar-refractivity contribution is -0.144. The normalized spacial score (nSPS) is 13.9. The number of carbonyl (C=O) groups excluding carboxylic acids is 3. The monoisotopic (exact) mass is 306 g/mol. The third kappa shape index (κ3) is 3.75. The number of ether oxygens (including phenoxy) is 2. The highest BCUT2D eigenvalue weighted by Crippen LogP contribution is 2.33. The molecule has 0 unspecified atom stereocenters. The minimum absolute atomic E-state index is 0.0293. The van der Waals surface area contributed by atoms with Crippen LogP contribution >= 0.6 is 0 Å². The van der Waals surface area contributed by atoms with Crippen LogP contribution in [-0.4, -0.2) is 38.0 Å². The van der Waals surface area contributed by atoms with Crippen molar-refractivity contribution < 1.29 is 23.9 Å². The zero-order valence-electron chi connectivity index (χ0n) is 12.5. The SMILES string of the molecule is COc1ccc(NC(=O)COC(C)=O)cc1N1CCCC1=O. The molecule has 1 aromatic rings. The molecule has 1 fully saturated rings. The molecule has 1 heterocycles. The van der Waals surface area contributed by atoms with E-state index in [4.69, 9.17) is 4.74 Å². The maximum Gasteiger partial charge on any atom is 0.303 e. The van der Waals surface area contributed by atoms with Crippen molar-refractivity contribution in [2.24, 2.45) is 0 Å². The maximum atomic E-state index is 11.9. The summed E-state index contributed by atoms with van der Waals surface area (Å²) in [5.74, 6) is -0.373. The standard InChI is InChI=1S/C15H18N2O5/c1-10(18)22-9-14(19)16-11-5-6-13(21-2)12(8-11)17-7-3-4-15(17)20/h5-6,8H,3-4,7,9H2,1-2H3,(H,16,19). The summed E-state index contributed by atoms with van der Waals surface area (Å²) in [6.07, 6.45) is 1.30. The summed E-state index contributed by atoms with van der Waals surface area (Å²) < 4.78 is 9.90. The van der Waals surface area contributed by atoms with Crippen LogP contribution in [-0.2, 0) is 19.1 Å². The second-order valence-electron chi connectivity index (χ2n) is 4.86. The van der Waals surface area contributed by atoms with E-state index in [9.17, 15) is 14.4 Å². The van der Waals surface area contributed by atoms with Gasteiger partial charge in [0, 0.05) is 25.6 Å². The van der Waals surface area contributed by atoms with E-state index in [0.717, 1.165) is 6.42 Å². The van der Waals surface area contributed by atoms with Crippen LogP contribution < -0.4 is 15.0 Å². The van der Waals surface area contributed by atoms with Crippen LogP contribution in [0.25, 0.3) is 0 Å². The molecule has 7 nitrogen and oxygen atoms in total. The number of methoxy groups -OCH3 is 1. The number of anilines is 2. The highest BCUT2D eigenvalue weighted by atomic mass is 16.5. The van der Waals surface area contributed by atoms with Crippen molar-refractivity contribution in [2.75, 3.05) is 30.5 Å². The molecule has 22 heavy (non-hydrogen) atoms. The topological polar surface area (TPSA) is 84.9 Å². The van der Waals surface area contributed by atoms with Gasteiger partial charge in [-0.05, 0) is 24.6 Å². The average molecular weight is 306 g/mol. The van der Waals surface area contributed by atoms with Gasteiger partial charge in [-0.2, -0.15) is 0 Å². The molecule has 0 aliphatic carbocycles. The predicted octanol–water partition coefficient (Wildman–Crippen LogP) is 1.32. The van der Waals surface area contributed by atoms with Gasteiger partial charge >= 0.3 is 5.97 Å². The van der Waals surface area contributed by atoms with Gasteiger partial charge in [-0.15, -0.1) is 0 Å².